The second kappa shape index (κ2) is 5.60. The molecule has 0 amide bonds. The SMILES string of the molecule is CN(Cc1cccc(F)c1)c1ccc(CN)nc1. The highest BCUT2D eigenvalue weighted by atomic mass is 19.1. The first-order valence-corrected chi connectivity index (χ1v) is 5.79. The van der Waals surface area contributed by atoms with E-state index in [1.54, 1.807) is 12.3 Å². The van der Waals surface area contributed by atoms with Gasteiger partial charge in [-0.25, -0.2) is 4.39 Å². The zero-order valence-corrected chi connectivity index (χ0v) is 10.3. The smallest absolute Gasteiger partial charge is 0.123 e. The molecule has 1 aromatic carbocycles. The van der Waals surface area contributed by atoms with Gasteiger partial charge in [0.2, 0.25) is 0 Å². The molecule has 2 aromatic rings. The number of halogens is 1. The first-order chi connectivity index (χ1) is 8.69. The van der Waals surface area contributed by atoms with E-state index in [4.69, 9.17) is 5.73 Å². The predicted molar refractivity (Wildman–Crippen MR) is 70.6 cm³/mol. The molecule has 0 unspecified atom stereocenters. The number of hydrogen-bond donors (Lipinski definition) is 1. The van der Waals surface area contributed by atoms with Crippen LogP contribution in [0.2, 0.25) is 0 Å². The van der Waals surface area contributed by atoms with Crippen LogP contribution in [-0.2, 0) is 13.1 Å². The van der Waals surface area contributed by atoms with Crippen LogP contribution in [0.5, 0.6) is 0 Å². The lowest BCUT2D eigenvalue weighted by Gasteiger charge is -2.19. The molecule has 18 heavy (non-hydrogen) atoms. The van der Waals surface area contributed by atoms with Gasteiger partial charge in [-0.1, -0.05) is 12.1 Å². The van der Waals surface area contributed by atoms with Crippen molar-refractivity contribution < 1.29 is 4.39 Å². The standard InChI is InChI=1S/C14H16FN3/c1-18(10-11-3-2-4-12(15)7-11)14-6-5-13(8-16)17-9-14/h2-7,9H,8,10,16H2,1H3. The third-order valence-corrected chi connectivity index (χ3v) is 2.77. The highest BCUT2D eigenvalue weighted by molar-refractivity contribution is 5.44. The number of rotatable bonds is 4. The van der Waals surface area contributed by atoms with Gasteiger partial charge in [0.15, 0.2) is 0 Å². The summed E-state index contributed by atoms with van der Waals surface area (Å²) in [7, 11) is 1.95. The average molecular weight is 245 g/mol. The van der Waals surface area contributed by atoms with Crippen molar-refractivity contribution in [2.75, 3.05) is 11.9 Å². The number of nitrogens with two attached hydrogens (primary N) is 1. The van der Waals surface area contributed by atoms with Crippen LogP contribution in [0.1, 0.15) is 11.3 Å². The molecule has 1 heterocycles. The normalized spacial score (nSPS) is 10.4. The first kappa shape index (κ1) is 12.5. The summed E-state index contributed by atoms with van der Waals surface area (Å²) in [6, 6.07) is 10.5. The van der Waals surface area contributed by atoms with E-state index in [0.29, 0.717) is 13.1 Å². The van der Waals surface area contributed by atoms with E-state index >= 15 is 0 Å². The maximum absolute atomic E-state index is 13.1. The minimum Gasteiger partial charge on any atom is -0.369 e. The van der Waals surface area contributed by atoms with E-state index in [1.807, 2.05) is 30.1 Å². The first-order valence-electron chi connectivity index (χ1n) is 5.79. The molecular weight excluding hydrogens is 229 g/mol. The second-order valence-electron chi connectivity index (χ2n) is 4.20. The molecule has 94 valence electrons. The summed E-state index contributed by atoms with van der Waals surface area (Å²) < 4.78 is 13.1. The predicted octanol–water partition coefficient (Wildman–Crippen LogP) is 2.32. The number of anilines is 1. The summed E-state index contributed by atoms with van der Waals surface area (Å²) >= 11 is 0. The molecule has 0 fully saturated rings. The quantitative estimate of drug-likeness (QED) is 0.898. The molecular formula is C14H16FN3. The molecule has 0 aliphatic carbocycles. The lowest BCUT2D eigenvalue weighted by molar-refractivity contribution is 0.625. The summed E-state index contributed by atoms with van der Waals surface area (Å²) in [5.74, 6) is -0.211. The Kier molecular flexibility index (Phi) is 3.89. The third kappa shape index (κ3) is 3.05. The molecule has 0 radical (unpaired) electrons. The molecule has 3 nitrogen and oxygen atoms in total. The molecule has 2 N–H and O–H groups in total. The lowest BCUT2D eigenvalue weighted by atomic mass is 10.2. The highest BCUT2D eigenvalue weighted by Gasteiger charge is 2.03. The zero-order chi connectivity index (χ0) is 13.0. The van der Waals surface area contributed by atoms with Crippen molar-refractivity contribution in [1.82, 2.24) is 4.98 Å². The van der Waals surface area contributed by atoms with Crippen LogP contribution in [0.3, 0.4) is 0 Å². The Hall–Kier alpha value is -1.94. The topological polar surface area (TPSA) is 42.1 Å². The van der Waals surface area contributed by atoms with Gasteiger partial charge in [0.05, 0.1) is 17.6 Å². The van der Waals surface area contributed by atoms with Crippen LogP contribution < -0.4 is 10.6 Å². The highest BCUT2D eigenvalue weighted by Crippen LogP contribution is 2.15. The van der Waals surface area contributed by atoms with Crippen molar-refractivity contribution in [2.45, 2.75) is 13.1 Å². The van der Waals surface area contributed by atoms with E-state index in [2.05, 4.69) is 4.98 Å². The van der Waals surface area contributed by atoms with E-state index in [-0.39, 0.29) is 5.82 Å². The van der Waals surface area contributed by atoms with Gasteiger partial charge in [0, 0.05) is 20.1 Å². The maximum atomic E-state index is 13.1. The van der Waals surface area contributed by atoms with Crippen molar-refractivity contribution in [3.05, 3.63) is 59.7 Å². The second-order valence-corrected chi connectivity index (χ2v) is 4.20. The number of benzene rings is 1. The van der Waals surface area contributed by atoms with Crippen molar-refractivity contribution in [3.63, 3.8) is 0 Å². The van der Waals surface area contributed by atoms with Gasteiger partial charge in [0.25, 0.3) is 0 Å². The Bertz CT molecular complexity index is 511. The molecule has 0 atom stereocenters. The van der Waals surface area contributed by atoms with Crippen molar-refractivity contribution >= 4 is 5.69 Å². The average Bonchev–Trinajstić information content (AvgIpc) is 2.39. The van der Waals surface area contributed by atoms with Crippen LogP contribution in [0.15, 0.2) is 42.6 Å². The van der Waals surface area contributed by atoms with E-state index in [9.17, 15) is 4.39 Å². The summed E-state index contributed by atoms with van der Waals surface area (Å²) in [6.07, 6.45) is 1.78. The van der Waals surface area contributed by atoms with E-state index < -0.39 is 0 Å². The zero-order valence-electron chi connectivity index (χ0n) is 10.3. The molecule has 0 saturated heterocycles. The van der Waals surface area contributed by atoms with Crippen LogP contribution in [-0.4, -0.2) is 12.0 Å². The molecule has 0 bridgehead atoms. The van der Waals surface area contributed by atoms with Gasteiger partial charge in [-0.05, 0) is 29.8 Å². The van der Waals surface area contributed by atoms with Gasteiger partial charge in [-0.15, -0.1) is 0 Å². The summed E-state index contributed by atoms with van der Waals surface area (Å²) in [5.41, 5.74) is 8.27. The van der Waals surface area contributed by atoms with E-state index in [1.165, 1.54) is 12.1 Å². The van der Waals surface area contributed by atoms with Gasteiger partial charge < -0.3 is 10.6 Å². The minimum atomic E-state index is -0.211. The Morgan fingerprint density at radius 1 is 1.28 bits per heavy atom. The molecule has 0 aliphatic rings. The lowest BCUT2D eigenvalue weighted by Crippen LogP contribution is -2.16. The monoisotopic (exact) mass is 245 g/mol. The molecule has 0 aliphatic heterocycles. The Morgan fingerprint density at radius 3 is 2.72 bits per heavy atom. The fraction of sp³-hybridized carbons (Fsp3) is 0.214. The third-order valence-electron chi connectivity index (χ3n) is 2.77. The Morgan fingerprint density at radius 2 is 2.11 bits per heavy atom. The molecule has 4 heteroatoms. The molecule has 0 spiro atoms. The van der Waals surface area contributed by atoms with Gasteiger partial charge >= 0.3 is 0 Å². The fourth-order valence-electron chi connectivity index (χ4n) is 1.76. The minimum absolute atomic E-state index is 0.211. The van der Waals surface area contributed by atoms with E-state index in [0.717, 1.165) is 16.9 Å². The fourth-order valence-corrected chi connectivity index (χ4v) is 1.76. The Balaban J connectivity index is 2.09. The number of nitrogens with zero attached hydrogens (tertiary/aromatic N) is 2. The number of pyridine rings is 1. The van der Waals surface area contributed by atoms with Gasteiger partial charge in [-0.2, -0.15) is 0 Å². The van der Waals surface area contributed by atoms with Crippen molar-refractivity contribution in [1.29, 1.82) is 0 Å². The summed E-state index contributed by atoms with van der Waals surface area (Å²) in [4.78, 5) is 6.25. The molecule has 0 saturated carbocycles. The number of aromatic nitrogens is 1. The number of hydrogen-bond acceptors (Lipinski definition) is 3. The summed E-state index contributed by atoms with van der Waals surface area (Å²) in [5, 5.41) is 0. The van der Waals surface area contributed by atoms with Crippen LogP contribution >= 0.6 is 0 Å². The van der Waals surface area contributed by atoms with Gasteiger partial charge in [-0.3, -0.25) is 4.98 Å². The molecule has 2 rings (SSSR count). The summed E-state index contributed by atoms with van der Waals surface area (Å²) in [6.45, 7) is 1.08. The van der Waals surface area contributed by atoms with Crippen LogP contribution in [0.4, 0.5) is 10.1 Å². The maximum Gasteiger partial charge on any atom is 0.123 e. The largest absolute Gasteiger partial charge is 0.369 e. The van der Waals surface area contributed by atoms with Crippen LogP contribution in [0, 0.1) is 5.82 Å². The van der Waals surface area contributed by atoms with Crippen molar-refractivity contribution in [2.24, 2.45) is 5.73 Å². The van der Waals surface area contributed by atoms with Crippen molar-refractivity contribution in [3.8, 4) is 0 Å². The van der Waals surface area contributed by atoms with Gasteiger partial charge in [0.1, 0.15) is 5.82 Å². The van der Waals surface area contributed by atoms with Crippen LogP contribution in [0.25, 0.3) is 0 Å². The molecule has 1 aromatic heterocycles. The Labute approximate surface area is 106 Å².